The molecule has 0 saturated heterocycles. The zero-order valence-corrected chi connectivity index (χ0v) is 10.2. The maximum absolute atomic E-state index is 11.6. The Labute approximate surface area is 105 Å². The van der Waals surface area contributed by atoms with Crippen LogP contribution in [0.4, 0.5) is 0 Å². The third-order valence-corrected chi connectivity index (χ3v) is 2.66. The summed E-state index contributed by atoms with van der Waals surface area (Å²) in [6.07, 6.45) is 0.844. The molecule has 98 valence electrons. The lowest BCUT2D eigenvalue weighted by atomic mass is 10.1. The Balaban J connectivity index is 2.19. The summed E-state index contributed by atoms with van der Waals surface area (Å²) in [5, 5.41) is 0. The van der Waals surface area contributed by atoms with Crippen LogP contribution < -0.4 is 26.1 Å². The van der Waals surface area contributed by atoms with E-state index >= 15 is 0 Å². The van der Waals surface area contributed by atoms with E-state index in [9.17, 15) is 4.79 Å². The van der Waals surface area contributed by atoms with Crippen LogP contribution in [0.3, 0.4) is 0 Å². The first-order valence-electron chi connectivity index (χ1n) is 5.84. The molecule has 1 aromatic carbocycles. The van der Waals surface area contributed by atoms with Crippen LogP contribution in [0, 0.1) is 0 Å². The quantitative estimate of drug-likeness (QED) is 0.663. The molecule has 0 aliphatic carbocycles. The summed E-state index contributed by atoms with van der Waals surface area (Å²) in [5.41, 5.74) is 11.5. The molecule has 1 aliphatic rings. The smallest absolute Gasteiger partial charge is 0.255 e. The molecule has 1 aromatic rings. The van der Waals surface area contributed by atoms with Gasteiger partial charge in [0.25, 0.3) is 5.91 Å². The van der Waals surface area contributed by atoms with Crippen LogP contribution >= 0.6 is 0 Å². The number of benzene rings is 1. The number of fused-ring (bicyclic) bond motifs is 1. The summed E-state index contributed by atoms with van der Waals surface area (Å²) >= 11 is 0. The zero-order chi connectivity index (χ0) is 13.0. The van der Waals surface area contributed by atoms with Gasteiger partial charge in [-0.25, -0.2) is 5.43 Å². The molecule has 0 radical (unpaired) electrons. The molecule has 4 N–H and O–H groups in total. The maximum atomic E-state index is 11.6. The largest absolute Gasteiger partial charge is 0.490 e. The van der Waals surface area contributed by atoms with Crippen LogP contribution in [-0.2, 0) is 4.79 Å². The van der Waals surface area contributed by atoms with Crippen molar-refractivity contribution in [1.82, 2.24) is 10.9 Å². The average Bonchev–Trinajstić information content (AvgIpc) is 2.62. The molecular formula is C12H17N3O3. The fourth-order valence-corrected chi connectivity index (χ4v) is 1.73. The summed E-state index contributed by atoms with van der Waals surface area (Å²) in [7, 11) is 1.61. The van der Waals surface area contributed by atoms with Crippen LogP contribution in [0.5, 0.6) is 11.5 Å². The van der Waals surface area contributed by atoms with Crippen LogP contribution in [0.25, 0.3) is 0 Å². The van der Waals surface area contributed by atoms with E-state index in [4.69, 9.17) is 15.2 Å². The van der Waals surface area contributed by atoms with Crippen molar-refractivity contribution in [1.29, 1.82) is 0 Å². The molecule has 1 aliphatic heterocycles. The molecule has 1 unspecified atom stereocenters. The Kier molecular flexibility index (Phi) is 4.01. The van der Waals surface area contributed by atoms with E-state index in [0.717, 1.165) is 6.42 Å². The number of hydrogen-bond donors (Lipinski definition) is 3. The number of rotatable bonds is 3. The van der Waals surface area contributed by atoms with E-state index in [-0.39, 0.29) is 5.91 Å². The summed E-state index contributed by atoms with van der Waals surface area (Å²) in [6, 6.07) is 4.56. The Morgan fingerprint density at radius 1 is 1.33 bits per heavy atom. The summed E-state index contributed by atoms with van der Waals surface area (Å²) in [5.74, 6) is 1.03. The third-order valence-electron chi connectivity index (χ3n) is 2.66. The topological polar surface area (TPSA) is 85.6 Å². The minimum absolute atomic E-state index is 0.299. The van der Waals surface area contributed by atoms with Crippen molar-refractivity contribution in [3.63, 3.8) is 0 Å². The highest BCUT2D eigenvalue weighted by Crippen LogP contribution is 2.31. The van der Waals surface area contributed by atoms with Gasteiger partial charge in [-0.15, -0.1) is 0 Å². The van der Waals surface area contributed by atoms with Crippen LogP contribution in [0.1, 0.15) is 18.0 Å². The number of carbonyl (C=O) groups is 1. The SMILES string of the molecule is CNNC(=O)C(N)c1ccc2c(c1)OCCCO2. The summed E-state index contributed by atoms with van der Waals surface area (Å²) in [6.45, 7) is 1.24. The molecule has 0 spiro atoms. The van der Waals surface area contributed by atoms with Crippen molar-refractivity contribution in [3.8, 4) is 11.5 Å². The third kappa shape index (κ3) is 2.72. The van der Waals surface area contributed by atoms with E-state index in [1.54, 1.807) is 25.2 Å². The van der Waals surface area contributed by atoms with Gasteiger partial charge in [-0.05, 0) is 17.7 Å². The highest BCUT2D eigenvalue weighted by atomic mass is 16.5. The molecule has 1 heterocycles. The number of hydrazine groups is 1. The Hall–Kier alpha value is -1.79. The molecule has 18 heavy (non-hydrogen) atoms. The van der Waals surface area contributed by atoms with Gasteiger partial charge in [0, 0.05) is 13.5 Å². The molecule has 2 rings (SSSR count). The van der Waals surface area contributed by atoms with E-state index in [1.807, 2.05) is 0 Å². The highest BCUT2D eigenvalue weighted by molar-refractivity contribution is 5.82. The molecule has 0 saturated carbocycles. The molecule has 1 atom stereocenters. The van der Waals surface area contributed by atoms with Crippen LogP contribution in [0.15, 0.2) is 18.2 Å². The molecule has 6 nitrogen and oxygen atoms in total. The van der Waals surface area contributed by atoms with Crippen molar-refractivity contribution in [2.75, 3.05) is 20.3 Å². The Bertz CT molecular complexity index is 437. The van der Waals surface area contributed by atoms with Crippen molar-refractivity contribution in [3.05, 3.63) is 23.8 Å². The number of nitrogens with one attached hydrogen (secondary N) is 2. The minimum atomic E-state index is -0.741. The fraction of sp³-hybridized carbons (Fsp3) is 0.417. The first kappa shape index (κ1) is 12.7. The first-order valence-corrected chi connectivity index (χ1v) is 5.84. The zero-order valence-electron chi connectivity index (χ0n) is 10.2. The lowest BCUT2D eigenvalue weighted by Crippen LogP contribution is -2.40. The number of carbonyl (C=O) groups excluding carboxylic acids is 1. The van der Waals surface area contributed by atoms with Crippen molar-refractivity contribution >= 4 is 5.91 Å². The number of amides is 1. The van der Waals surface area contributed by atoms with Gasteiger partial charge in [-0.1, -0.05) is 6.07 Å². The molecule has 0 aromatic heterocycles. The summed E-state index contributed by atoms with van der Waals surface area (Å²) in [4.78, 5) is 11.6. The molecule has 6 heteroatoms. The number of hydrogen-bond acceptors (Lipinski definition) is 5. The second kappa shape index (κ2) is 5.70. The lowest BCUT2D eigenvalue weighted by molar-refractivity contribution is -0.123. The van der Waals surface area contributed by atoms with Gasteiger partial charge in [-0.3, -0.25) is 10.2 Å². The standard InChI is InChI=1S/C12H17N3O3/c1-14-15-12(16)11(13)8-3-4-9-10(7-8)18-6-2-5-17-9/h3-4,7,11,14H,2,5-6,13H2,1H3,(H,15,16). The molecular weight excluding hydrogens is 234 g/mol. The monoisotopic (exact) mass is 251 g/mol. The van der Waals surface area contributed by atoms with Crippen molar-refractivity contribution in [2.45, 2.75) is 12.5 Å². The van der Waals surface area contributed by atoms with Gasteiger partial charge in [0.15, 0.2) is 11.5 Å². The lowest BCUT2D eigenvalue weighted by Gasteiger charge is -2.14. The first-order chi connectivity index (χ1) is 8.72. The normalized spacial score (nSPS) is 15.7. The molecule has 0 bridgehead atoms. The number of nitrogens with two attached hydrogens (primary N) is 1. The predicted molar refractivity (Wildman–Crippen MR) is 66.2 cm³/mol. The maximum Gasteiger partial charge on any atom is 0.255 e. The van der Waals surface area contributed by atoms with Gasteiger partial charge in [0.2, 0.25) is 0 Å². The van der Waals surface area contributed by atoms with Gasteiger partial charge < -0.3 is 15.2 Å². The van der Waals surface area contributed by atoms with Gasteiger partial charge in [0.05, 0.1) is 13.2 Å². The van der Waals surface area contributed by atoms with Gasteiger partial charge >= 0.3 is 0 Å². The van der Waals surface area contributed by atoms with Gasteiger partial charge in [-0.2, -0.15) is 0 Å². The van der Waals surface area contributed by atoms with Crippen LogP contribution in [0.2, 0.25) is 0 Å². The second-order valence-electron chi connectivity index (χ2n) is 3.97. The summed E-state index contributed by atoms with van der Waals surface area (Å²) < 4.78 is 11.1. The molecule has 0 fully saturated rings. The fourth-order valence-electron chi connectivity index (χ4n) is 1.73. The predicted octanol–water partition coefficient (Wildman–Crippen LogP) is 0.0983. The van der Waals surface area contributed by atoms with E-state index in [2.05, 4.69) is 10.9 Å². The Morgan fingerprint density at radius 2 is 2.06 bits per heavy atom. The number of ether oxygens (including phenoxy) is 2. The Morgan fingerprint density at radius 3 is 2.78 bits per heavy atom. The second-order valence-corrected chi connectivity index (χ2v) is 3.97. The highest BCUT2D eigenvalue weighted by Gasteiger charge is 2.18. The van der Waals surface area contributed by atoms with E-state index in [0.29, 0.717) is 30.3 Å². The van der Waals surface area contributed by atoms with Crippen molar-refractivity contribution < 1.29 is 14.3 Å². The molecule has 1 amide bonds. The van der Waals surface area contributed by atoms with Gasteiger partial charge in [0.1, 0.15) is 6.04 Å². The van der Waals surface area contributed by atoms with Crippen LogP contribution in [-0.4, -0.2) is 26.2 Å². The van der Waals surface area contributed by atoms with E-state index < -0.39 is 6.04 Å². The van der Waals surface area contributed by atoms with Crippen molar-refractivity contribution in [2.24, 2.45) is 5.73 Å². The minimum Gasteiger partial charge on any atom is -0.490 e. The van der Waals surface area contributed by atoms with E-state index in [1.165, 1.54) is 0 Å². The average molecular weight is 251 g/mol.